The zero-order chi connectivity index (χ0) is 85.4. The van der Waals surface area contributed by atoms with E-state index in [0.29, 0.717) is 87.7 Å². The highest BCUT2D eigenvalue weighted by Gasteiger charge is 2.22. The molecule has 0 bridgehead atoms. The first-order valence-corrected chi connectivity index (χ1v) is 41.9. The van der Waals surface area contributed by atoms with Crippen LogP contribution in [0.4, 0.5) is 23.1 Å². The molecule has 0 atom stereocenters. The molecule has 0 saturated carbocycles. The van der Waals surface area contributed by atoms with Crippen LogP contribution in [0.25, 0.3) is 72.3 Å². The van der Waals surface area contributed by atoms with Gasteiger partial charge in [-0.2, -0.15) is 9.97 Å². The number of carboxylic acid groups (broad SMARTS) is 1. The van der Waals surface area contributed by atoms with Crippen molar-refractivity contribution in [3.05, 3.63) is 356 Å². The number of carbonyl (C=O) groups is 1. The molecule has 0 fully saturated rings. The van der Waals surface area contributed by atoms with Crippen molar-refractivity contribution in [3.63, 3.8) is 0 Å². The molecule has 0 aliphatic heterocycles. The van der Waals surface area contributed by atoms with E-state index >= 15 is 0 Å². The highest BCUT2D eigenvalue weighted by molar-refractivity contribution is 7.99. The smallest absolute Gasteiger partial charge is 0.337 e. The first-order valence-electron chi connectivity index (χ1n) is 37.2. The lowest BCUT2D eigenvalue weighted by Gasteiger charge is -2.18. The van der Waals surface area contributed by atoms with Gasteiger partial charge >= 0.3 is 5.97 Å². The van der Waals surface area contributed by atoms with E-state index in [1.165, 1.54) is 78.9 Å². The van der Waals surface area contributed by atoms with Gasteiger partial charge < -0.3 is 41.4 Å². The fourth-order valence-electron chi connectivity index (χ4n) is 12.0. The topological polar surface area (TPSA) is 351 Å². The number of fused-ring (bicyclic) bond motifs is 4. The summed E-state index contributed by atoms with van der Waals surface area (Å²) in [5.74, 6) is 2.60. The summed E-state index contributed by atoms with van der Waals surface area (Å²) in [6, 6.07) is 80.6. The van der Waals surface area contributed by atoms with Crippen LogP contribution in [-0.2, 0) is 0 Å². The number of aromatic amines is 2. The van der Waals surface area contributed by atoms with E-state index in [2.05, 4.69) is 57.7 Å². The highest BCUT2D eigenvalue weighted by atomic mass is 35.5. The van der Waals surface area contributed by atoms with E-state index in [9.17, 15) is 48.6 Å². The zero-order valence-electron chi connectivity index (χ0n) is 65.4. The molecule has 9 aromatic carbocycles. The Labute approximate surface area is 713 Å². The number of halogens is 1. The van der Waals surface area contributed by atoms with E-state index in [-0.39, 0.29) is 66.0 Å². The Morgan fingerprint density at radius 1 is 0.450 bits per heavy atom. The Kier molecular flexibility index (Phi) is 30.7. The lowest BCUT2D eigenvalue weighted by molar-refractivity contribution is 0.0698. The van der Waals surface area contributed by atoms with Crippen LogP contribution in [0, 0.1) is 0 Å². The minimum Gasteiger partial charge on any atom is -0.493 e. The van der Waals surface area contributed by atoms with E-state index < -0.39 is 5.97 Å². The van der Waals surface area contributed by atoms with Gasteiger partial charge in [0.25, 0.3) is 27.8 Å². The van der Waals surface area contributed by atoms with Crippen molar-refractivity contribution in [1.82, 2.24) is 57.7 Å². The average Bonchev–Trinajstić information content (AvgIpc) is 0.749. The number of aromatic hydroxyl groups is 1. The Bertz CT molecular complexity index is 6650. The number of aromatic carboxylic acids is 1. The van der Waals surface area contributed by atoms with Crippen molar-refractivity contribution >= 4 is 149 Å². The van der Waals surface area contributed by atoms with Crippen molar-refractivity contribution in [1.29, 1.82) is 0 Å². The number of thiocarbonyl (C=S) groups is 1. The Morgan fingerprint density at radius 2 is 0.808 bits per heavy atom. The van der Waals surface area contributed by atoms with Crippen LogP contribution >= 0.6 is 70.9 Å². The number of thioether (sulfide) groups is 4. The fraction of sp³-hybridized carbons (Fsp3) is 0.114. The summed E-state index contributed by atoms with van der Waals surface area (Å²) in [4.78, 5) is 130. The fourth-order valence-corrected chi connectivity index (χ4v) is 15.3. The predicted molar refractivity (Wildman–Crippen MR) is 491 cm³/mol. The van der Waals surface area contributed by atoms with Crippen molar-refractivity contribution in [2.24, 2.45) is 5.73 Å². The van der Waals surface area contributed by atoms with E-state index in [1.54, 1.807) is 62.6 Å². The summed E-state index contributed by atoms with van der Waals surface area (Å²) in [5.41, 5.74) is 10.3. The number of aromatic nitrogens is 12. The zero-order valence-corrected chi connectivity index (χ0v) is 70.2. The molecule has 0 spiro atoms. The molecule has 608 valence electrons. The number of anilines is 4. The number of nitrogens with one attached hydrogen (secondary N) is 4. The summed E-state index contributed by atoms with van der Waals surface area (Å²) in [5, 5.41) is 28.3. The number of para-hydroxylation sites is 9. The van der Waals surface area contributed by atoms with Gasteiger partial charge in [0, 0.05) is 42.7 Å². The Hall–Kier alpha value is -13.4. The molecule has 16 rings (SSSR count). The van der Waals surface area contributed by atoms with Crippen LogP contribution in [0.1, 0.15) is 38.1 Å². The number of carboxylic acids is 1. The van der Waals surface area contributed by atoms with Gasteiger partial charge in [0.2, 0.25) is 22.7 Å². The number of hydrogen-bond donors (Lipinski definition) is 7. The minimum atomic E-state index is -1.05. The standard InChI is InChI=1S/C19H16N4O2.C19H17N3O3S.C19H15N3O2S.C12H11ClN2OS.C12H12N2O2S.C7H8N2S/c1-22(2)19-21-17-15(16(24)13-10-6-7-11-14(13)20-17)18(25)23(19)12-8-4-3-5-9-12;1-2-26-19-21-16(20-15-11-7-6-10-14(15)18(24)25)12-17(23)22(19)13-8-4-3-5-9-13;1-2-25-19-21-17-15(16(23)13-10-6-7-11-14(13)20-17)18(24)22(19)12-8-4-3-5-9-12;1-2-17-12-14-10(13)8-11(16)15(12)9-6-4-3-5-7-9;1-2-17-12-13-10(15)8-11(16)14(12)9-6-4-3-5-7-9;8-7(10)9-6-4-2-1-3-5-6/h3-11H,1-2H3,(H,20,24);3-12,20H,2H2,1H3,(H,24,25);3-11H,2H2,1H3,(H,20,23);3-8H,2H2,1H3;3-8,15H,2H2,1H3;1-5H,(H3,8,9,10). The molecule has 0 radical (unpaired) electrons. The number of nitrogens with zero attached hydrogens (tertiary/aromatic N) is 11. The molecular weight excluding hydrogens is 1640 g/mol. The maximum absolute atomic E-state index is 13.2. The van der Waals surface area contributed by atoms with Gasteiger partial charge in [-0.3, -0.25) is 51.8 Å². The first-order chi connectivity index (χ1) is 58.1. The number of nitrogens with two attached hydrogens (primary N) is 1. The second-order valence-electron chi connectivity index (χ2n) is 25.4. The molecule has 7 heterocycles. The molecule has 0 unspecified atom stereocenters. The molecule has 0 aliphatic carbocycles. The second-order valence-corrected chi connectivity index (χ2v) is 31.1. The molecule has 0 amide bonds. The largest absolute Gasteiger partial charge is 0.493 e. The maximum Gasteiger partial charge on any atom is 0.337 e. The van der Waals surface area contributed by atoms with Crippen molar-refractivity contribution in [2.75, 3.05) is 52.6 Å². The SMILES string of the molecule is CCSc1nc(Cl)cc(=O)n1-c1ccccc1.CCSc1nc(Nc2ccccc2C(=O)O)cc(=O)n1-c1ccccc1.CCSc1nc(O)cc(=O)n1-c1ccccc1.CCSc1nc2[nH]c3ccccc3c(=O)c2c(=O)n1-c1ccccc1.CN(C)c1nc2[nH]c3ccccc3c(=O)c2c(=O)n1-c1ccccc1.NC(=S)Nc1ccccc1. The third-order valence-electron chi connectivity index (χ3n) is 17.1. The predicted octanol–water partition coefficient (Wildman–Crippen LogP) is 15.8. The third kappa shape index (κ3) is 21.7. The lowest BCUT2D eigenvalue weighted by atomic mass is 10.1. The van der Waals surface area contributed by atoms with Gasteiger partial charge in [0.05, 0.1) is 56.8 Å². The van der Waals surface area contributed by atoms with Gasteiger partial charge in [-0.05, 0) is 144 Å². The summed E-state index contributed by atoms with van der Waals surface area (Å²) in [7, 11) is 3.62. The number of rotatable bonds is 18. The van der Waals surface area contributed by atoms with Crippen LogP contribution in [0.2, 0.25) is 5.15 Å². The molecule has 7 aromatic heterocycles. The maximum atomic E-state index is 13.2. The van der Waals surface area contributed by atoms with E-state index in [1.807, 2.05) is 242 Å². The second kappa shape index (κ2) is 42.1. The molecule has 16 aromatic rings. The third-order valence-corrected chi connectivity index (χ3v) is 20.6. The highest BCUT2D eigenvalue weighted by Crippen LogP contribution is 2.27. The number of hydrogen-bond acceptors (Lipinski definition) is 21. The normalized spacial score (nSPS) is 10.6. The monoisotopic (exact) mass is 1710 g/mol. The van der Waals surface area contributed by atoms with E-state index in [0.717, 1.165) is 51.8 Å². The summed E-state index contributed by atoms with van der Waals surface area (Å²) in [6.07, 6.45) is 0. The number of H-pyrrole nitrogens is 2. The van der Waals surface area contributed by atoms with Gasteiger partial charge in [0.1, 0.15) is 27.4 Å². The molecular formula is C88H79ClN16O10S5. The van der Waals surface area contributed by atoms with E-state index in [4.69, 9.17) is 17.3 Å². The van der Waals surface area contributed by atoms with Crippen LogP contribution < -0.4 is 59.9 Å². The number of benzene rings is 9. The average molecular weight is 1720 g/mol. The number of pyridine rings is 2. The molecule has 0 saturated heterocycles. The molecule has 32 heteroatoms. The molecule has 26 nitrogen and oxygen atoms in total. The van der Waals surface area contributed by atoms with Crippen molar-refractivity contribution in [3.8, 4) is 34.3 Å². The Balaban J connectivity index is 0.000000144. The first kappa shape index (κ1) is 87.4. The van der Waals surface area contributed by atoms with Gasteiger partial charge in [-0.25, -0.2) is 24.3 Å². The van der Waals surface area contributed by atoms with Crippen LogP contribution in [0.15, 0.2) is 327 Å². The van der Waals surface area contributed by atoms with Gasteiger partial charge in [-0.15, -0.1) is 0 Å². The van der Waals surface area contributed by atoms with Crippen molar-refractivity contribution < 1.29 is 15.0 Å². The molecule has 0 aliphatic rings. The van der Waals surface area contributed by atoms with Crippen LogP contribution in [0.5, 0.6) is 5.88 Å². The minimum absolute atomic E-state index is 0.0631. The lowest BCUT2D eigenvalue weighted by Crippen LogP contribution is -2.30. The quantitative estimate of drug-likeness (QED) is 0.0138. The Morgan fingerprint density at radius 3 is 1.25 bits per heavy atom. The summed E-state index contributed by atoms with van der Waals surface area (Å²) in [6.45, 7) is 7.95. The van der Waals surface area contributed by atoms with Crippen molar-refractivity contribution in [2.45, 2.75) is 48.3 Å². The molecule has 120 heavy (non-hydrogen) atoms. The van der Waals surface area contributed by atoms with Crippen LogP contribution in [-0.4, -0.2) is 116 Å². The molecule has 8 N–H and O–H groups in total. The summed E-state index contributed by atoms with van der Waals surface area (Å²) >= 11 is 16.3. The van der Waals surface area contributed by atoms with Crippen LogP contribution in [0.3, 0.4) is 0 Å². The summed E-state index contributed by atoms with van der Waals surface area (Å²) < 4.78 is 7.59. The van der Waals surface area contributed by atoms with Gasteiger partial charge in [0.15, 0.2) is 31.4 Å². The van der Waals surface area contributed by atoms with Gasteiger partial charge in [-0.1, -0.05) is 232 Å².